The van der Waals surface area contributed by atoms with Crippen LogP contribution in [-0.2, 0) is 14.9 Å². The van der Waals surface area contributed by atoms with Gasteiger partial charge in [-0.3, -0.25) is 9.35 Å². The molecule has 2 atom stereocenters. The van der Waals surface area contributed by atoms with Gasteiger partial charge in [0.2, 0.25) is 5.91 Å². The average Bonchev–Trinajstić information content (AvgIpc) is 2.01. The third-order valence-corrected chi connectivity index (χ3v) is 3.08. The molecule has 0 fully saturated rings. The molecule has 0 aliphatic heterocycles. The molecule has 0 aromatic rings. The van der Waals surface area contributed by atoms with Crippen molar-refractivity contribution in [2.24, 2.45) is 0 Å². The number of carbonyl (C=O) groups excluding carboxylic acids is 1. The number of carbonyl (C=O) groups is 1. The van der Waals surface area contributed by atoms with Crippen LogP contribution >= 0.6 is 0 Å². The minimum Gasteiger partial charge on any atom is -0.349 e. The van der Waals surface area contributed by atoms with Crippen LogP contribution in [0.15, 0.2) is 12.7 Å². The third-order valence-electron chi connectivity index (χ3n) is 1.73. The molecule has 2 N–H and O–H groups in total. The zero-order chi connectivity index (χ0) is 10.6. The maximum Gasteiger partial charge on any atom is 0.269 e. The Labute approximate surface area is 106 Å². The van der Waals surface area contributed by atoms with Gasteiger partial charge < -0.3 is 5.32 Å². The molecule has 0 spiro atoms. The van der Waals surface area contributed by atoms with E-state index in [4.69, 9.17) is 4.55 Å². The SMILES string of the molecule is C=CC(=O)NC(C)C(C)S(=O)(=O)O.[Na]. The second kappa shape index (κ2) is 6.58. The van der Waals surface area contributed by atoms with Gasteiger partial charge in [0, 0.05) is 35.6 Å². The van der Waals surface area contributed by atoms with E-state index >= 15 is 0 Å². The van der Waals surface area contributed by atoms with Gasteiger partial charge in [-0.25, -0.2) is 0 Å². The molecule has 0 aromatic carbocycles. The van der Waals surface area contributed by atoms with Gasteiger partial charge in [0.05, 0.1) is 0 Å². The summed E-state index contributed by atoms with van der Waals surface area (Å²) in [5.41, 5.74) is 0. The largest absolute Gasteiger partial charge is 0.349 e. The molecule has 0 aliphatic carbocycles. The first-order valence-corrected chi connectivity index (χ1v) is 5.18. The van der Waals surface area contributed by atoms with E-state index in [2.05, 4.69) is 11.9 Å². The van der Waals surface area contributed by atoms with Gasteiger partial charge in [-0.1, -0.05) is 6.58 Å². The Morgan fingerprint density at radius 1 is 1.50 bits per heavy atom. The van der Waals surface area contributed by atoms with Gasteiger partial charge in [-0.15, -0.1) is 0 Å². The first-order valence-electron chi connectivity index (χ1n) is 3.68. The van der Waals surface area contributed by atoms with Crippen molar-refractivity contribution in [2.75, 3.05) is 0 Å². The summed E-state index contributed by atoms with van der Waals surface area (Å²) in [4.78, 5) is 10.7. The van der Waals surface area contributed by atoms with Crippen molar-refractivity contribution < 1.29 is 17.8 Å². The standard InChI is InChI=1S/C7H13NO4S.Na/c1-4-7(9)8-5(2)6(3)13(10,11)12;/h4-6H,1H2,2-3H3,(H,8,9)(H,10,11,12);. The normalized spacial score (nSPS) is 14.8. The summed E-state index contributed by atoms with van der Waals surface area (Å²) in [6.45, 7) is 6.01. The monoisotopic (exact) mass is 230 g/mol. The fraction of sp³-hybridized carbons (Fsp3) is 0.571. The summed E-state index contributed by atoms with van der Waals surface area (Å²) in [6, 6.07) is -0.652. The predicted octanol–water partition coefficient (Wildman–Crippen LogP) is -0.427. The molecule has 77 valence electrons. The molecular weight excluding hydrogens is 217 g/mol. The van der Waals surface area contributed by atoms with Crippen molar-refractivity contribution in [1.29, 1.82) is 0 Å². The van der Waals surface area contributed by atoms with E-state index in [-0.39, 0.29) is 29.6 Å². The molecule has 2 unspecified atom stereocenters. The van der Waals surface area contributed by atoms with E-state index in [1.165, 1.54) is 13.8 Å². The quantitative estimate of drug-likeness (QED) is 0.390. The van der Waals surface area contributed by atoms with Gasteiger partial charge in [-0.2, -0.15) is 8.42 Å². The van der Waals surface area contributed by atoms with Crippen molar-refractivity contribution in [3.63, 3.8) is 0 Å². The van der Waals surface area contributed by atoms with Gasteiger partial charge >= 0.3 is 0 Å². The number of rotatable bonds is 4. The molecule has 0 aromatic heterocycles. The molecule has 0 bridgehead atoms. The molecule has 14 heavy (non-hydrogen) atoms. The van der Waals surface area contributed by atoms with Crippen molar-refractivity contribution >= 4 is 45.6 Å². The van der Waals surface area contributed by atoms with E-state index < -0.39 is 27.3 Å². The first-order chi connectivity index (χ1) is 5.79. The van der Waals surface area contributed by atoms with E-state index in [0.29, 0.717) is 0 Å². The summed E-state index contributed by atoms with van der Waals surface area (Å²) >= 11 is 0. The average molecular weight is 230 g/mol. The van der Waals surface area contributed by atoms with E-state index in [1.807, 2.05) is 0 Å². The molecule has 7 heteroatoms. The number of amides is 1. The second-order valence-electron chi connectivity index (χ2n) is 2.72. The first kappa shape index (κ1) is 16.5. The van der Waals surface area contributed by atoms with Crippen LogP contribution in [0.25, 0.3) is 0 Å². The Morgan fingerprint density at radius 3 is 2.21 bits per heavy atom. The number of nitrogens with one attached hydrogen (secondary N) is 1. The molecule has 1 radical (unpaired) electrons. The summed E-state index contributed by atoms with van der Waals surface area (Å²) in [5, 5.41) is 1.31. The predicted molar refractivity (Wildman–Crippen MR) is 54.6 cm³/mol. The Balaban J connectivity index is 0. The van der Waals surface area contributed by atoms with Crippen LogP contribution < -0.4 is 5.32 Å². The summed E-state index contributed by atoms with van der Waals surface area (Å²) < 4.78 is 29.9. The fourth-order valence-electron chi connectivity index (χ4n) is 0.659. The second-order valence-corrected chi connectivity index (χ2v) is 4.49. The van der Waals surface area contributed by atoms with Crippen LogP contribution in [0, 0.1) is 0 Å². The van der Waals surface area contributed by atoms with Gasteiger partial charge in [-0.05, 0) is 19.9 Å². The Hall–Kier alpha value is 0.120. The van der Waals surface area contributed by atoms with E-state index in [1.54, 1.807) is 0 Å². The Bertz CT molecular complexity index is 301. The van der Waals surface area contributed by atoms with Crippen LogP contribution in [0.5, 0.6) is 0 Å². The van der Waals surface area contributed by atoms with Crippen LogP contribution in [0.1, 0.15) is 13.8 Å². The summed E-state index contributed by atoms with van der Waals surface area (Å²) in [5.74, 6) is -0.469. The number of hydrogen-bond acceptors (Lipinski definition) is 3. The minimum absolute atomic E-state index is 0. The molecule has 0 saturated carbocycles. The van der Waals surface area contributed by atoms with E-state index in [0.717, 1.165) is 6.08 Å². The van der Waals surface area contributed by atoms with Gasteiger partial charge in [0.1, 0.15) is 5.25 Å². The topological polar surface area (TPSA) is 83.5 Å². The molecule has 0 saturated heterocycles. The Kier molecular flexibility index (Phi) is 7.77. The smallest absolute Gasteiger partial charge is 0.269 e. The van der Waals surface area contributed by atoms with Crippen molar-refractivity contribution in [2.45, 2.75) is 25.1 Å². The maximum absolute atomic E-state index is 10.7. The number of hydrogen-bond donors (Lipinski definition) is 2. The molecule has 5 nitrogen and oxygen atoms in total. The summed E-state index contributed by atoms with van der Waals surface area (Å²) in [7, 11) is -4.10. The molecular formula is C7H13NNaO4S. The molecule has 0 heterocycles. The summed E-state index contributed by atoms with van der Waals surface area (Å²) in [6.07, 6.45) is 1.03. The van der Waals surface area contributed by atoms with Crippen molar-refractivity contribution in [3.8, 4) is 0 Å². The van der Waals surface area contributed by atoms with Crippen molar-refractivity contribution in [3.05, 3.63) is 12.7 Å². The Morgan fingerprint density at radius 2 is 1.93 bits per heavy atom. The van der Waals surface area contributed by atoms with Crippen LogP contribution in [0.2, 0.25) is 0 Å². The molecule has 1 amide bonds. The molecule has 0 rings (SSSR count). The van der Waals surface area contributed by atoms with Crippen LogP contribution in [-0.4, -0.2) is 59.7 Å². The molecule has 0 aliphatic rings. The third kappa shape index (κ3) is 5.77. The van der Waals surface area contributed by atoms with Crippen LogP contribution in [0.4, 0.5) is 0 Å². The van der Waals surface area contributed by atoms with Gasteiger partial charge in [0.25, 0.3) is 10.1 Å². The minimum atomic E-state index is -4.10. The fourth-order valence-corrected chi connectivity index (χ4v) is 1.24. The van der Waals surface area contributed by atoms with E-state index in [9.17, 15) is 13.2 Å². The van der Waals surface area contributed by atoms with Crippen molar-refractivity contribution in [1.82, 2.24) is 5.32 Å². The zero-order valence-corrected chi connectivity index (χ0v) is 11.3. The maximum atomic E-state index is 10.7. The van der Waals surface area contributed by atoms with Crippen LogP contribution in [0.3, 0.4) is 0 Å². The zero-order valence-electron chi connectivity index (χ0n) is 8.52. The van der Waals surface area contributed by atoms with Gasteiger partial charge in [0.15, 0.2) is 0 Å².